The second-order valence-corrected chi connectivity index (χ2v) is 3.10. The second kappa shape index (κ2) is 2.16. The summed E-state index contributed by atoms with van der Waals surface area (Å²) in [5.74, 6) is 0.0431. The van der Waals surface area contributed by atoms with Crippen molar-refractivity contribution in [3.63, 3.8) is 0 Å². The van der Waals surface area contributed by atoms with E-state index >= 15 is 0 Å². The molecular weight excluding hydrogens is 144 g/mol. The molecule has 3 heteroatoms. The van der Waals surface area contributed by atoms with Gasteiger partial charge < -0.3 is 9.84 Å². The molecule has 60 valence electrons. The number of ketones is 1. The number of carbonyl (C=O) groups is 1. The van der Waals surface area contributed by atoms with E-state index in [1.807, 2.05) is 0 Å². The lowest BCUT2D eigenvalue weighted by molar-refractivity contribution is -0.120. The van der Waals surface area contributed by atoms with Crippen LogP contribution in [0.15, 0.2) is 12.2 Å². The van der Waals surface area contributed by atoms with Gasteiger partial charge in [0.25, 0.3) is 0 Å². The van der Waals surface area contributed by atoms with E-state index in [1.165, 1.54) is 6.08 Å². The van der Waals surface area contributed by atoms with E-state index in [9.17, 15) is 9.90 Å². The van der Waals surface area contributed by atoms with Crippen LogP contribution in [0, 0.1) is 0 Å². The highest BCUT2D eigenvalue weighted by molar-refractivity contribution is 5.91. The summed E-state index contributed by atoms with van der Waals surface area (Å²) in [4.78, 5) is 10.9. The smallest absolute Gasteiger partial charge is 0.158 e. The van der Waals surface area contributed by atoms with Crippen molar-refractivity contribution >= 4 is 5.78 Å². The molecule has 0 amide bonds. The summed E-state index contributed by atoms with van der Waals surface area (Å²) in [6, 6.07) is 0. The van der Waals surface area contributed by atoms with Gasteiger partial charge in [0.05, 0.1) is 12.7 Å². The third-order valence-corrected chi connectivity index (χ3v) is 2.32. The van der Waals surface area contributed by atoms with Gasteiger partial charge in [-0.25, -0.2) is 0 Å². The highest BCUT2D eigenvalue weighted by atomic mass is 16.5. The third-order valence-electron chi connectivity index (χ3n) is 2.32. The lowest BCUT2D eigenvalue weighted by atomic mass is 9.87. The van der Waals surface area contributed by atoms with E-state index < -0.39 is 5.60 Å². The number of fused-ring (bicyclic) bond motifs is 1. The van der Waals surface area contributed by atoms with Gasteiger partial charge in [0.2, 0.25) is 0 Å². The van der Waals surface area contributed by atoms with Crippen LogP contribution in [0.4, 0.5) is 0 Å². The molecular formula is C8H10O3. The van der Waals surface area contributed by atoms with Crippen LogP contribution in [0.25, 0.3) is 0 Å². The molecule has 1 unspecified atom stereocenters. The van der Waals surface area contributed by atoms with E-state index in [1.54, 1.807) is 6.08 Å². The predicted octanol–water partition coefficient (Wildman–Crippen LogP) is 0.0354. The van der Waals surface area contributed by atoms with Crippen molar-refractivity contribution in [2.75, 3.05) is 6.61 Å². The highest BCUT2D eigenvalue weighted by Gasteiger charge is 2.43. The maximum atomic E-state index is 10.9. The molecule has 0 aromatic carbocycles. The minimum Gasteiger partial charge on any atom is -0.383 e. The molecule has 1 saturated heterocycles. The Morgan fingerprint density at radius 2 is 2.55 bits per heavy atom. The first-order valence-corrected chi connectivity index (χ1v) is 3.77. The Bertz CT molecular complexity index is 221. The fourth-order valence-corrected chi connectivity index (χ4v) is 1.58. The van der Waals surface area contributed by atoms with Crippen LogP contribution >= 0.6 is 0 Å². The molecule has 0 saturated carbocycles. The quantitative estimate of drug-likeness (QED) is 0.535. The maximum Gasteiger partial charge on any atom is 0.158 e. The zero-order valence-electron chi connectivity index (χ0n) is 6.12. The van der Waals surface area contributed by atoms with Gasteiger partial charge in [0, 0.05) is 12.8 Å². The summed E-state index contributed by atoms with van der Waals surface area (Å²) in [5, 5.41) is 9.76. The van der Waals surface area contributed by atoms with Gasteiger partial charge in [0.15, 0.2) is 5.78 Å². The normalized spacial score (nSPS) is 42.6. The molecule has 1 fully saturated rings. The monoisotopic (exact) mass is 154 g/mol. The van der Waals surface area contributed by atoms with Gasteiger partial charge in [0.1, 0.15) is 5.60 Å². The van der Waals surface area contributed by atoms with Crippen molar-refractivity contribution in [2.24, 2.45) is 0 Å². The van der Waals surface area contributed by atoms with Gasteiger partial charge in [-0.15, -0.1) is 0 Å². The lowest BCUT2D eigenvalue weighted by Crippen LogP contribution is -2.40. The molecule has 0 bridgehead atoms. The van der Waals surface area contributed by atoms with Crippen LogP contribution in [0.1, 0.15) is 12.8 Å². The van der Waals surface area contributed by atoms with Gasteiger partial charge in [-0.3, -0.25) is 4.79 Å². The molecule has 1 heterocycles. The molecule has 0 spiro atoms. The zero-order valence-corrected chi connectivity index (χ0v) is 6.12. The van der Waals surface area contributed by atoms with Crippen LogP contribution in [0.5, 0.6) is 0 Å². The zero-order chi connectivity index (χ0) is 7.90. The van der Waals surface area contributed by atoms with E-state index in [-0.39, 0.29) is 11.9 Å². The van der Waals surface area contributed by atoms with Crippen molar-refractivity contribution in [1.82, 2.24) is 0 Å². The summed E-state index contributed by atoms with van der Waals surface area (Å²) in [6.45, 7) is 0.554. The largest absolute Gasteiger partial charge is 0.383 e. The molecule has 1 N–H and O–H groups in total. The van der Waals surface area contributed by atoms with Gasteiger partial charge in [-0.2, -0.15) is 0 Å². The molecule has 2 aliphatic rings. The Morgan fingerprint density at radius 1 is 1.73 bits per heavy atom. The molecule has 3 nitrogen and oxygen atoms in total. The first-order valence-electron chi connectivity index (χ1n) is 3.77. The summed E-state index contributed by atoms with van der Waals surface area (Å²) < 4.78 is 5.21. The van der Waals surface area contributed by atoms with Gasteiger partial charge >= 0.3 is 0 Å². The van der Waals surface area contributed by atoms with E-state index in [0.717, 1.165) is 0 Å². The van der Waals surface area contributed by atoms with Crippen molar-refractivity contribution in [1.29, 1.82) is 0 Å². The number of aliphatic hydroxyl groups is 1. The first kappa shape index (κ1) is 7.00. The van der Waals surface area contributed by atoms with Crippen LogP contribution in [-0.2, 0) is 9.53 Å². The minimum atomic E-state index is -0.853. The van der Waals surface area contributed by atoms with Crippen LogP contribution < -0.4 is 0 Å². The van der Waals surface area contributed by atoms with E-state index in [2.05, 4.69) is 0 Å². The fourth-order valence-electron chi connectivity index (χ4n) is 1.58. The van der Waals surface area contributed by atoms with Crippen LogP contribution in [0.2, 0.25) is 0 Å². The Labute approximate surface area is 64.7 Å². The van der Waals surface area contributed by atoms with Crippen LogP contribution in [-0.4, -0.2) is 29.2 Å². The van der Waals surface area contributed by atoms with Crippen molar-refractivity contribution in [3.8, 4) is 0 Å². The van der Waals surface area contributed by atoms with E-state index in [0.29, 0.717) is 19.4 Å². The Morgan fingerprint density at radius 3 is 3.36 bits per heavy atom. The molecule has 2 atom stereocenters. The van der Waals surface area contributed by atoms with Gasteiger partial charge in [-0.05, 0) is 12.2 Å². The molecule has 0 aromatic heterocycles. The Kier molecular flexibility index (Phi) is 1.37. The Hall–Kier alpha value is -0.670. The number of hydrogen-bond donors (Lipinski definition) is 1. The number of allylic oxidation sites excluding steroid dienone is 1. The molecule has 1 aliphatic heterocycles. The molecule has 0 aromatic rings. The molecule has 11 heavy (non-hydrogen) atoms. The van der Waals surface area contributed by atoms with E-state index in [4.69, 9.17) is 4.74 Å². The standard InChI is InChI=1S/C8H10O3/c9-6-1-2-8(10)3-4-11-7(8)5-6/h1-2,7,10H,3-5H2/t7?,8-/m0/s1. The molecule has 2 rings (SSSR count). The first-order chi connectivity index (χ1) is 5.21. The van der Waals surface area contributed by atoms with Crippen molar-refractivity contribution in [3.05, 3.63) is 12.2 Å². The van der Waals surface area contributed by atoms with Crippen molar-refractivity contribution in [2.45, 2.75) is 24.5 Å². The maximum absolute atomic E-state index is 10.9. The minimum absolute atomic E-state index is 0.0431. The Balaban J connectivity index is 2.28. The summed E-state index contributed by atoms with van der Waals surface area (Å²) in [6.07, 6.45) is 3.66. The predicted molar refractivity (Wildman–Crippen MR) is 38.1 cm³/mol. The third kappa shape index (κ3) is 1.01. The number of hydrogen-bond acceptors (Lipinski definition) is 3. The topological polar surface area (TPSA) is 46.5 Å². The summed E-state index contributed by atoms with van der Waals surface area (Å²) >= 11 is 0. The second-order valence-electron chi connectivity index (χ2n) is 3.10. The highest BCUT2D eigenvalue weighted by Crippen LogP contribution is 2.32. The number of carbonyl (C=O) groups excluding carboxylic acids is 1. The SMILES string of the molecule is O=C1C=C[C@]2(O)CCOC2C1. The summed E-state index contributed by atoms with van der Waals surface area (Å²) in [7, 11) is 0. The average molecular weight is 154 g/mol. The fraction of sp³-hybridized carbons (Fsp3) is 0.625. The molecule has 1 aliphatic carbocycles. The lowest BCUT2D eigenvalue weighted by Gasteiger charge is -2.27. The van der Waals surface area contributed by atoms with Crippen molar-refractivity contribution < 1.29 is 14.6 Å². The number of ether oxygens (including phenoxy) is 1. The summed E-state index contributed by atoms with van der Waals surface area (Å²) in [5.41, 5.74) is -0.853. The average Bonchev–Trinajstić information content (AvgIpc) is 2.31. The van der Waals surface area contributed by atoms with Crippen LogP contribution in [0.3, 0.4) is 0 Å². The number of rotatable bonds is 0. The molecule has 0 radical (unpaired) electrons. The van der Waals surface area contributed by atoms with Gasteiger partial charge in [-0.1, -0.05) is 0 Å².